The lowest BCUT2D eigenvalue weighted by Crippen LogP contribution is -2.43. The summed E-state index contributed by atoms with van der Waals surface area (Å²) in [6.07, 6.45) is 2.85. The van der Waals surface area contributed by atoms with Crippen LogP contribution in [0.4, 0.5) is 0 Å². The maximum absolute atomic E-state index is 11.8. The molecule has 3 heterocycles. The second kappa shape index (κ2) is 4.53. The van der Waals surface area contributed by atoms with E-state index >= 15 is 0 Å². The van der Waals surface area contributed by atoms with Gasteiger partial charge in [0, 0.05) is 13.1 Å². The summed E-state index contributed by atoms with van der Waals surface area (Å²) in [5, 5.41) is 17.1. The van der Waals surface area contributed by atoms with E-state index in [4.69, 9.17) is 0 Å². The molecule has 0 radical (unpaired) electrons. The molecule has 1 amide bonds. The van der Waals surface area contributed by atoms with Crippen LogP contribution >= 0.6 is 0 Å². The van der Waals surface area contributed by atoms with Gasteiger partial charge in [-0.25, -0.2) is 4.68 Å². The molecule has 9 nitrogen and oxygen atoms in total. The Hall–Kier alpha value is -2.29. The van der Waals surface area contributed by atoms with Crippen molar-refractivity contribution in [2.24, 2.45) is 0 Å². The average Bonchev–Trinajstić information content (AvgIpc) is 2.94. The lowest BCUT2D eigenvalue weighted by atomic mass is 10.2. The number of carbonyl (C=O) groups excluding carboxylic acids is 1. The number of rotatable bonds is 4. The first-order valence-corrected chi connectivity index (χ1v) is 5.49. The summed E-state index contributed by atoms with van der Waals surface area (Å²) < 4.78 is 6.25. The highest BCUT2D eigenvalue weighted by atomic mass is 16.5. The minimum atomic E-state index is -0.307. The molecule has 0 spiro atoms. The van der Waals surface area contributed by atoms with E-state index in [1.165, 1.54) is 6.39 Å². The third-order valence-corrected chi connectivity index (χ3v) is 2.69. The lowest BCUT2D eigenvalue weighted by Gasteiger charge is -2.26. The van der Waals surface area contributed by atoms with Crippen molar-refractivity contribution >= 4 is 5.91 Å². The molecule has 94 valence electrons. The maximum atomic E-state index is 11.8. The van der Waals surface area contributed by atoms with Gasteiger partial charge in [0.25, 0.3) is 5.91 Å². The van der Waals surface area contributed by atoms with Crippen molar-refractivity contribution in [3.8, 4) is 0 Å². The van der Waals surface area contributed by atoms with E-state index in [1.807, 2.05) is 0 Å². The molecule has 2 aromatic heterocycles. The topological polar surface area (TPSA) is 111 Å². The van der Waals surface area contributed by atoms with Crippen LogP contribution in [0.5, 0.6) is 0 Å². The molecule has 0 atom stereocenters. The molecule has 1 aliphatic rings. The van der Waals surface area contributed by atoms with Crippen LogP contribution in [0.2, 0.25) is 0 Å². The lowest BCUT2D eigenvalue weighted by molar-refractivity contribution is 0.0944. The van der Waals surface area contributed by atoms with Crippen LogP contribution in [-0.4, -0.2) is 44.1 Å². The SMILES string of the molecule is O=C(NCc1ncon1)c1cn(C2CNC2)nn1. The number of nitrogens with one attached hydrogen (secondary N) is 2. The van der Waals surface area contributed by atoms with Crippen molar-refractivity contribution in [2.75, 3.05) is 13.1 Å². The summed E-state index contributed by atoms with van der Waals surface area (Å²) in [5.41, 5.74) is 0.283. The first kappa shape index (κ1) is 10.8. The Kier molecular flexibility index (Phi) is 2.73. The summed E-state index contributed by atoms with van der Waals surface area (Å²) in [6, 6.07) is 0.288. The number of hydrogen-bond donors (Lipinski definition) is 2. The van der Waals surface area contributed by atoms with Crippen molar-refractivity contribution in [1.29, 1.82) is 0 Å². The van der Waals surface area contributed by atoms with Crippen LogP contribution in [0.25, 0.3) is 0 Å². The Bertz CT molecular complexity index is 531. The molecule has 3 rings (SSSR count). The molecule has 1 fully saturated rings. The molecule has 9 heteroatoms. The standard InChI is InChI=1S/C9H11N7O2/c17-9(11-3-8-12-5-18-14-8)7-4-16(15-13-7)6-1-10-2-6/h4-6,10H,1-3H2,(H,11,17). The third-order valence-electron chi connectivity index (χ3n) is 2.69. The minimum Gasteiger partial charge on any atom is -0.343 e. The van der Waals surface area contributed by atoms with Crippen molar-refractivity contribution < 1.29 is 9.32 Å². The minimum absolute atomic E-state index is 0.202. The van der Waals surface area contributed by atoms with Gasteiger partial charge in [-0.2, -0.15) is 4.98 Å². The monoisotopic (exact) mass is 249 g/mol. The first-order chi connectivity index (χ1) is 8.83. The molecule has 0 unspecified atom stereocenters. The molecule has 0 aliphatic carbocycles. The Morgan fingerprint density at radius 1 is 1.61 bits per heavy atom. The number of amides is 1. The van der Waals surface area contributed by atoms with Crippen LogP contribution in [0.15, 0.2) is 17.1 Å². The number of hydrogen-bond acceptors (Lipinski definition) is 7. The molecular weight excluding hydrogens is 238 g/mol. The molecule has 1 saturated heterocycles. The quantitative estimate of drug-likeness (QED) is 0.695. The van der Waals surface area contributed by atoms with Gasteiger partial charge >= 0.3 is 0 Å². The van der Waals surface area contributed by atoms with Crippen molar-refractivity contribution in [2.45, 2.75) is 12.6 Å². The van der Waals surface area contributed by atoms with Crippen LogP contribution in [0.1, 0.15) is 22.4 Å². The Morgan fingerprint density at radius 2 is 2.50 bits per heavy atom. The van der Waals surface area contributed by atoms with E-state index in [1.54, 1.807) is 10.9 Å². The molecule has 0 bridgehead atoms. The van der Waals surface area contributed by atoms with Crippen molar-refractivity contribution in [1.82, 2.24) is 35.8 Å². The Labute approximate surface area is 102 Å². The van der Waals surface area contributed by atoms with Crippen LogP contribution < -0.4 is 10.6 Å². The summed E-state index contributed by atoms with van der Waals surface area (Å²) in [6.45, 7) is 1.91. The van der Waals surface area contributed by atoms with Gasteiger partial charge in [0.05, 0.1) is 18.8 Å². The van der Waals surface area contributed by atoms with Gasteiger partial charge in [0.2, 0.25) is 6.39 Å². The fourth-order valence-electron chi connectivity index (χ4n) is 1.54. The van der Waals surface area contributed by atoms with E-state index in [0.717, 1.165) is 13.1 Å². The van der Waals surface area contributed by atoms with E-state index in [0.29, 0.717) is 5.82 Å². The summed E-state index contributed by atoms with van der Waals surface area (Å²) in [5.74, 6) is 0.109. The molecule has 18 heavy (non-hydrogen) atoms. The summed E-state index contributed by atoms with van der Waals surface area (Å²) in [4.78, 5) is 15.5. The molecule has 0 aromatic carbocycles. The van der Waals surface area contributed by atoms with Crippen LogP contribution in [-0.2, 0) is 6.54 Å². The maximum Gasteiger partial charge on any atom is 0.273 e. The predicted octanol–water partition coefficient (Wildman–Crippen LogP) is -1.26. The average molecular weight is 249 g/mol. The smallest absolute Gasteiger partial charge is 0.273 e. The molecule has 0 saturated carbocycles. The van der Waals surface area contributed by atoms with Crippen LogP contribution in [0.3, 0.4) is 0 Å². The second-order valence-corrected chi connectivity index (χ2v) is 3.93. The molecule has 2 aromatic rings. The van der Waals surface area contributed by atoms with Crippen molar-refractivity contribution in [3.05, 3.63) is 24.1 Å². The van der Waals surface area contributed by atoms with Gasteiger partial charge in [-0.3, -0.25) is 4.79 Å². The van der Waals surface area contributed by atoms with E-state index in [-0.39, 0.29) is 24.2 Å². The highest BCUT2D eigenvalue weighted by Crippen LogP contribution is 2.09. The highest BCUT2D eigenvalue weighted by Gasteiger charge is 2.21. The summed E-state index contributed by atoms with van der Waals surface area (Å²) in [7, 11) is 0. The number of carbonyl (C=O) groups is 1. The van der Waals surface area contributed by atoms with Gasteiger partial charge in [-0.15, -0.1) is 5.10 Å². The van der Waals surface area contributed by atoms with Gasteiger partial charge in [-0.1, -0.05) is 10.4 Å². The largest absolute Gasteiger partial charge is 0.343 e. The molecule has 1 aliphatic heterocycles. The van der Waals surface area contributed by atoms with Gasteiger partial charge in [0.15, 0.2) is 11.5 Å². The first-order valence-electron chi connectivity index (χ1n) is 5.49. The third kappa shape index (κ3) is 2.07. The summed E-state index contributed by atoms with van der Waals surface area (Å²) >= 11 is 0. The van der Waals surface area contributed by atoms with Gasteiger partial charge in [-0.05, 0) is 0 Å². The van der Waals surface area contributed by atoms with Gasteiger partial charge < -0.3 is 15.2 Å². The fraction of sp³-hybridized carbons (Fsp3) is 0.444. The zero-order chi connectivity index (χ0) is 12.4. The number of nitrogens with zero attached hydrogens (tertiary/aromatic N) is 5. The number of aromatic nitrogens is 5. The van der Waals surface area contributed by atoms with E-state index in [9.17, 15) is 4.79 Å². The Morgan fingerprint density at radius 3 is 3.17 bits per heavy atom. The second-order valence-electron chi connectivity index (χ2n) is 3.93. The molecular formula is C9H11N7O2. The van der Waals surface area contributed by atoms with Crippen molar-refractivity contribution in [3.63, 3.8) is 0 Å². The zero-order valence-corrected chi connectivity index (χ0v) is 9.41. The van der Waals surface area contributed by atoms with Gasteiger partial charge in [0.1, 0.15) is 0 Å². The zero-order valence-electron chi connectivity index (χ0n) is 9.41. The highest BCUT2D eigenvalue weighted by molar-refractivity contribution is 5.91. The Balaban J connectivity index is 1.59. The molecule has 2 N–H and O–H groups in total. The predicted molar refractivity (Wildman–Crippen MR) is 57.4 cm³/mol. The fourth-order valence-corrected chi connectivity index (χ4v) is 1.54. The normalized spacial score (nSPS) is 15.3. The van der Waals surface area contributed by atoms with E-state index in [2.05, 4.69) is 35.6 Å². The van der Waals surface area contributed by atoms with E-state index < -0.39 is 0 Å². The van der Waals surface area contributed by atoms with Crippen LogP contribution in [0, 0.1) is 0 Å².